The van der Waals surface area contributed by atoms with Crippen molar-refractivity contribution in [1.29, 1.82) is 0 Å². The molecule has 0 aliphatic carbocycles. The number of carboxylic acid groups (broad SMARTS) is 1. The van der Waals surface area contributed by atoms with E-state index >= 15 is 0 Å². The highest BCUT2D eigenvalue weighted by Crippen LogP contribution is 2.38. The maximum absolute atomic E-state index is 11.0. The predicted molar refractivity (Wildman–Crippen MR) is 76.9 cm³/mol. The number of carboxylic acids is 1. The summed E-state index contributed by atoms with van der Waals surface area (Å²) in [5, 5.41) is 16.5. The fourth-order valence-electron chi connectivity index (χ4n) is 2.11. The third-order valence-electron chi connectivity index (χ3n) is 3.24. The molecule has 0 radical (unpaired) electrons. The van der Waals surface area contributed by atoms with Crippen molar-refractivity contribution in [2.75, 3.05) is 21.3 Å². The zero-order valence-corrected chi connectivity index (χ0v) is 12.8. The molecule has 0 bridgehead atoms. The summed E-state index contributed by atoms with van der Waals surface area (Å²) in [5.41, 5.74) is 1.23. The van der Waals surface area contributed by atoms with Gasteiger partial charge in [-0.2, -0.15) is 0 Å². The van der Waals surface area contributed by atoms with Gasteiger partial charge >= 0.3 is 5.97 Å². The fourth-order valence-corrected chi connectivity index (χ4v) is 2.11. The van der Waals surface area contributed by atoms with Gasteiger partial charge in [-0.05, 0) is 24.6 Å². The molecule has 8 nitrogen and oxygen atoms in total. The van der Waals surface area contributed by atoms with E-state index in [2.05, 4.69) is 10.3 Å². The minimum atomic E-state index is -1.10. The first kappa shape index (κ1) is 15.6. The SMILES string of the molecule is COc1cc(Cn2nnc(C(=O)O)c2C)cc(OC)c1OC. The lowest BCUT2D eigenvalue weighted by Crippen LogP contribution is -2.07. The lowest BCUT2D eigenvalue weighted by atomic mass is 10.1. The lowest BCUT2D eigenvalue weighted by Gasteiger charge is -2.14. The van der Waals surface area contributed by atoms with E-state index in [0.717, 1.165) is 5.56 Å². The molecule has 2 rings (SSSR count). The Bertz CT molecular complexity index is 671. The minimum absolute atomic E-state index is 0.0626. The highest BCUT2D eigenvalue weighted by Gasteiger charge is 2.17. The van der Waals surface area contributed by atoms with Gasteiger partial charge in [0.15, 0.2) is 17.2 Å². The van der Waals surface area contributed by atoms with Gasteiger partial charge in [0.05, 0.1) is 33.6 Å². The Morgan fingerprint density at radius 2 is 1.77 bits per heavy atom. The molecule has 0 aliphatic rings. The largest absolute Gasteiger partial charge is 0.493 e. The van der Waals surface area contributed by atoms with Gasteiger partial charge < -0.3 is 19.3 Å². The van der Waals surface area contributed by atoms with Gasteiger partial charge in [0, 0.05) is 0 Å². The highest BCUT2D eigenvalue weighted by molar-refractivity contribution is 5.86. The summed E-state index contributed by atoms with van der Waals surface area (Å²) in [5.74, 6) is 0.435. The average Bonchev–Trinajstić information content (AvgIpc) is 2.87. The van der Waals surface area contributed by atoms with Crippen molar-refractivity contribution in [3.63, 3.8) is 0 Å². The number of benzene rings is 1. The Morgan fingerprint density at radius 1 is 1.18 bits per heavy atom. The number of methoxy groups -OCH3 is 3. The quantitative estimate of drug-likeness (QED) is 0.860. The van der Waals surface area contributed by atoms with E-state index in [-0.39, 0.29) is 5.69 Å². The van der Waals surface area contributed by atoms with Crippen LogP contribution in [-0.2, 0) is 6.54 Å². The second kappa shape index (κ2) is 6.33. The summed E-state index contributed by atoms with van der Waals surface area (Å²) in [6, 6.07) is 3.56. The molecule has 22 heavy (non-hydrogen) atoms. The first-order chi connectivity index (χ1) is 10.5. The molecular weight excluding hydrogens is 290 g/mol. The van der Waals surface area contributed by atoms with Crippen molar-refractivity contribution in [1.82, 2.24) is 15.0 Å². The number of carbonyl (C=O) groups is 1. The molecule has 0 atom stereocenters. The molecule has 1 N–H and O–H groups in total. The van der Waals surface area contributed by atoms with Gasteiger partial charge in [0.25, 0.3) is 0 Å². The van der Waals surface area contributed by atoms with Crippen molar-refractivity contribution in [3.8, 4) is 17.2 Å². The molecule has 1 aromatic heterocycles. The zero-order valence-electron chi connectivity index (χ0n) is 12.8. The normalized spacial score (nSPS) is 10.4. The number of aromatic carboxylic acids is 1. The lowest BCUT2D eigenvalue weighted by molar-refractivity contribution is 0.0689. The van der Waals surface area contributed by atoms with Gasteiger partial charge in [0.1, 0.15) is 0 Å². The maximum atomic E-state index is 11.0. The van der Waals surface area contributed by atoms with Crippen LogP contribution in [0.2, 0.25) is 0 Å². The topological polar surface area (TPSA) is 95.7 Å². The second-order valence-electron chi connectivity index (χ2n) is 4.52. The van der Waals surface area contributed by atoms with Crippen LogP contribution in [-0.4, -0.2) is 47.4 Å². The fraction of sp³-hybridized carbons (Fsp3) is 0.357. The van der Waals surface area contributed by atoms with Crippen molar-refractivity contribution in [2.24, 2.45) is 0 Å². The molecule has 1 heterocycles. The summed E-state index contributed by atoms with van der Waals surface area (Å²) in [6.45, 7) is 1.99. The number of ether oxygens (including phenoxy) is 3. The van der Waals surface area contributed by atoms with Crippen LogP contribution in [0.1, 0.15) is 21.7 Å². The Morgan fingerprint density at radius 3 is 2.18 bits per heavy atom. The van der Waals surface area contributed by atoms with Crippen LogP contribution in [0.15, 0.2) is 12.1 Å². The van der Waals surface area contributed by atoms with Crippen LogP contribution in [0, 0.1) is 6.92 Å². The molecule has 1 aromatic carbocycles. The molecule has 2 aromatic rings. The number of hydrogen-bond donors (Lipinski definition) is 1. The molecule has 8 heteroatoms. The molecule has 0 spiro atoms. The molecule has 0 saturated carbocycles. The summed E-state index contributed by atoms with van der Waals surface area (Å²) in [6.07, 6.45) is 0. The highest BCUT2D eigenvalue weighted by atomic mass is 16.5. The predicted octanol–water partition coefficient (Wildman–Crippen LogP) is 1.36. The first-order valence-electron chi connectivity index (χ1n) is 6.44. The number of aromatic nitrogens is 3. The number of rotatable bonds is 6. The molecule has 0 fully saturated rings. The smallest absolute Gasteiger partial charge is 0.358 e. The summed E-state index contributed by atoms with van der Waals surface area (Å²) in [7, 11) is 4.59. The van der Waals surface area contributed by atoms with E-state index in [1.807, 2.05) is 0 Å². The van der Waals surface area contributed by atoms with Crippen LogP contribution in [0.25, 0.3) is 0 Å². The summed E-state index contributed by atoms with van der Waals surface area (Å²) in [4.78, 5) is 11.0. The van der Waals surface area contributed by atoms with E-state index in [1.54, 1.807) is 19.1 Å². The van der Waals surface area contributed by atoms with Crippen LogP contribution in [0.4, 0.5) is 0 Å². The Hall–Kier alpha value is -2.77. The minimum Gasteiger partial charge on any atom is -0.493 e. The Balaban J connectivity index is 2.40. The average molecular weight is 307 g/mol. The van der Waals surface area contributed by atoms with Crippen molar-refractivity contribution >= 4 is 5.97 Å². The third-order valence-corrected chi connectivity index (χ3v) is 3.24. The van der Waals surface area contributed by atoms with Crippen LogP contribution in [0.3, 0.4) is 0 Å². The van der Waals surface area contributed by atoms with E-state index in [4.69, 9.17) is 19.3 Å². The third kappa shape index (κ3) is 2.80. The Kier molecular flexibility index (Phi) is 4.50. The van der Waals surface area contributed by atoms with Crippen molar-refractivity contribution in [2.45, 2.75) is 13.5 Å². The number of hydrogen-bond acceptors (Lipinski definition) is 6. The molecule has 0 aliphatic heterocycles. The van der Waals surface area contributed by atoms with Crippen LogP contribution in [0.5, 0.6) is 17.2 Å². The van der Waals surface area contributed by atoms with Gasteiger partial charge in [0.2, 0.25) is 5.75 Å². The van der Waals surface area contributed by atoms with Gasteiger partial charge in [-0.1, -0.05) is 5.21 Å². The van der Waals surface area contributed by atoms with E-state index in [1.165, 1.54) is 26.0 Å². The zero-order chi connectivity index (χ0) is 16.3. The van der Waals surface area contributed by atoms with E-state index in [9.17, 15) is 4.79 Å². The van der Waals surface area contributed by atoms with Gasteiger partial charge in [-0.15, -0.1) is 5.10 Å². The van der Waals surface area contributed by atoms with Gasteiger partial charge in [-0.3, -0.25) is 0 Å². The molecular formula is C14H17N3O5. The maximum Gasteiger partial charge on any atom is 0.358 e. The van der Waals surface area contributed by atoms with E-state index < -0.39 is 5.97 Å². The standard InChI is InChI=1S/C14H17N3O5/c1-8-12(14(18)19)15-16-17(8)7-9-5-10(20-2)13(22-4)11(6-9)21-3/h5-6H,7H2,1-4H3,(H,18,19). The molecule has 0 amide bonds. The monoisotopic (exact) mass is 307 g/mol. The molecule has 0 unspecified atom stereocenters. The van der Waals surface area contributed by atoms with Crippen LogP contribution >= 0.6 is 0 Å². The van der Waals surface area contributed by atoms with Crippen molar-refractivity contribution < 1.29 is 24.1 Å². The Labute approximate surface area is 127 Å². The summed E-state index contributed by atoms with van der Waals surface area (Å²) < 4.78 is 17.3. The van der Waals surface area contributed by atoms with Gasteiger partial charge in [-0.25, -0.2) is 9.48 Å². The van der Waals surface area contributed by atoms with Crippen LogP contribution < -0.4 is 14.2 Å². The van der Waals surface area contributed by atoms with Crippen molar-refractivity contribution in [3.05, 3.63) is 29.1 Å². The number of nitrogens with zero attached hydrogens (tertiary/aromatic N) is 3. The molecule has 118 valence electrons. The molecule has 0 saturated heterocycles. The first-order valence-corrected chi connectivity index (χ1v) is 6.44. The summed E-state index contributed by atoms with van der Waals surface area (Å²) >= 11 is 0. The van der Waals surface area contributed by atoms with E-state index in [0.29, 0.717) is 29.5 Å². The second-order valence-corrected chi connectivity index (χ2v) is 4.52.